The van der Waals surface area contributed by atoms with E-state index in [0.29, 0.717) is 11.4 Å². The zero-order valence-electron chi connectivity index (χ0n) is 9.36. The van der Waals surface area contributed by atoms with Crippen LogP contribution in [0.2, 0.25) is 0 Å². The zero-order chi connectivity index (χ0) is 10.7. The molecule has 0 radical (unpaired) electrons. The van der Waals surface area contributed by atoms with E-state index < -0.39 is 0 Å². The Labute approximate surface area is 89.8 Å². The molecule has 1 aliphatic heterocycles. The van der Waals surface area contributed by atoms with Crippen LogP contribution in [0.15, 0.2) is 10.9 Å². The number of nitrogens with one attached hydrogen (secondary N) is 1. The molecule has 1 aromatic rings. The fourth-order valence-electron chi connectivity index (χ4n) is 1.91. The molecule has 2 heterocycles. The predicted octanol–water partition coefficient (Wildman–Crippen LogP) is 0.643. The van der Waals surface area contributed by atoms with Crippen LogP contribution in [0.4, 0.5) is 0 Å². The monoisotopic (exact) mass is 210 g/mol. The van der Waals surface area contributed by atoms with Crippen LogP contribution >= 0.6 is 0 Å². The molecule has 1 saturated heterocycles. The quantitative estimate of drug-likeness (QED) is 0.793. The third-order valence-corrected chi connectivity index (χ3v) is 3.33. The fraction of sp³-hybridized carbons (Fsp3) is 0.800. The van der Waals surface area contributed by atoms with Crippen LogP contribution in [0.25, 0.3) is 0 Å². The van der Waals surface area contributed by atoms with E-state index in [9.17, 15) is 0 Å². The van der Waals surface area contributed by atoms with Gasteiger partial charge in [-0.25, -0.2) is 0 Å². The Morgan fingerprint density at radius 3 is 2.80 bits per heavy atom. The Kier molecular flexibility index (Phi) is 3.02. The normalized spacial score (nSPS) is 21.7. The molecule has 15 heavy (non-hydrogen) atoms. The van der Waals surface area contributed by atoms with Crippen LogP contribution in [-0.2, 0) is 6.54 Å². The third-order valence-electron chi connectivity index (χ3n) is 3.33. The highest BCUT2D eigenvalue weighted by atomic mass is 16.5. The molecule has 1 N–H and O–H groups in total. The zero-order valence-corrected chi connectivity index (χ0v) is 9.36. The average molecular weight is 210 g/mol. The molecular formula is C10H18N4O. The Balaban J connectivity index is 1.84. The molecule has 5 heteroatoms. The first-order chi connectivity index (χ1) is 7.22. The second kappa shape index (κ2) is 4.28. The molecule has 2 rings (SSSR count). The lowest BCUT2D eigenvalue weighted by Gasteiger charge is -2.38. The van der Waals surface area contributed by atoms with E-state index in [2.05, 4.69) is 27.3 Å². The van der Waals surface area contributed by atoms with Crippen LogP contribution in [-0.4, -0.2) is 40.7 Å². The minimum atomic E-state index is 0.297. The maximum absolute atomic E-state index is 5.00. The summed E-state index contributed by atoms with van der Waals surface area (Å²) in [6, 6.07) is 0. The minimum absolute atomic E-state index is 0.297. The maximum Gasteiger partial charge on any atom is 0.240 e. The van der Waals surface area contributed by atoms with Crippen molar-refractivity contribution in [2.24, 2.45) is 0 Å². The Morgan fingerprint density at radius 1 is 1.53 bits per heavy atom. The van der Waals surface area contributed by atoms with Crippen LogP contribution < -0.4 is 5.32 Å². The molecule has 1 aromatic heterocycles. The predicted molar refractivity (Wildman–Crippen MR) is 56.3 cm³/mol. The summed E-state index contributed by atoms with van der Waals surface area (Å²) in [4.78, 5) is 6.39. The largest absolute Gasteiger partial charge is 0.338 e. The van der Waals surface area contributed by atoms with Crippen molar-refractivity contribution in [3.63, 3.8) is 0 Å². The SMILES string of the molecule is CNC1(C)CCN(Cc2ncno2)CC1. The number of rotatable bonds is 3. The van der Waals surface area contributed by atoms with Crippen molar-refractivity contribution in [1.82, 2.24) is 20.4 Å². The minimum Gasteiger partial charge on any atom is -0.338 e. The molecule has 0 spiro atoms. The summed E-state index contributed by atoms with van der Waals surface area (Å²) in [5.74, 6) is 0.711. The number of nitrogens with zero attached hydrogens (tertiary/aromatic N) is 3. The van der Waals surface area contributed by atoms with E-state index in [4.69, 9.17) is 4.52 Å². The molecule has 0 amide bonds. The number of hydrogen-bond acceptors (Lipinski definition) is 5. The molecule has 0 aliphatic carbocycles. The topological polar surface area (TPSA) is 54.2 Å². The van der Waals surface area contributed by atoms with Crippen LogP contribution in [0.1, 0.15) is 25.7 Å². The Morgan fingerprint density at radius 2 is 2.27 bits per heavy atom. The van der Waals surface area contributed by atoms with E-state index in [1.54, 1.807) is 0 Å². The molecule has 5 nitrogen and oxygen atoms in total. The lowest BCUT2D eigenvalue weighted by Crippen LogP contribution is -2.49. The van der Waals surface area contributed by atoms with Crippen LogP contribution in [0, 0.1) is 0 Å². The third kappa shape index (κ3) is 2.54. The van der Waals surface area contributed by atoms with Crippen LogP contribution in [0.3, 0.4) is 0 Å². The average Bonchev–Trinajstić information content (AvgIpc) is 2.75. The summed E-state index contributed by atoms with van der Waals surface area (Å²) in [7, 11) is 2.04. The number of likely N-dealkylation sites (tertiary alicyclic amines) is 1. The van der Waals surface area contributed by atoms with E-state index in [0.717, 1.165) is 32.5 Å². The van der Waals surface area contributed by atoms with Crippen molar-refractivity contribution in [3.05, 3.63) is 12.2 Å². The van der Waals surface area contributed by atoms with E-state index >= 15 is 0 Å². The first-order valence-electron chi connectivity index (χ1n) is 5.39. The second-order valence-corrected chi connectivity index (χ2v) is 4.42. The maximum atomic E-state index is 5.00. The first kappa shape index (κ1) is 10.6. The van der Waals surface area contributed by atoms with Gasteiger partial charge in [-0.1, -0.05) is 5.16 Å². The number of hydrogen-bond donors (Lipinski definition) is 1. The van der Waals surface area contributed by atoms with E-state index in [1.807, 2.05) is 7.05 Å². The number of piperidine rings is 1. The highest BCUT2D eigenvalue weighted by Crippen LogP contribution is 2.21. The smallest absolute Gasteiger partial charge is 0.240 e. The molecule has 0 bridgehead atoms. The first-order valence-corrected chi connectivity index (χ1v) is 5.39. The van der Waals surface area contributed by atoms with Gasteiger partial charge in [0.15, 0.2) is 6.33 Å². The van der Waals surface area contributed by atoms with Crippen LogP contribution in [0.5, 0.6) is 0 Å². The number of aromatic nitrogens is 2. The Hall–Kier alpha value is -0.940. The van der Waals surface area contributed by atoms with Gasteiger partial charge in [-0.05, 0) is 26.8 Å². The van der Waals surface area contributed by atoms with Gasteiger partial charge in [0.25, 0.3) is 0 Å². The molecule has 0 unspecified atom stereocenters. The molecular weight excluding hydrogens is 192 g/mol. The van der Waals surface area contributed by atoms with Crippen molar-refractivity contribution in [1.29, 1.82) is 0 Å². The highest BCUT2D eigenvalue weighted by molar-refractivity contribution is 4.89. The van der Waals surface area contributed by atoms with Crippen molar-refractivity contribution in [2.45, 2.75) is 31.8 Å². The van der Waals surface area contributed by atoms with Crippen molar-refractivity contribution < 1.29 is 4.52 Å². The fourth-order valence-corrected chi connectivity index (χ4v) is 1.91. The molecule has 0 saturated carbocycles. The highest BCUT2D eigenvalue weighted by Gasteiger charge is 2.28. The lowest BCUT2D eigenvalue weighted by atomic mass is 9.90. The standard InChI is InChI=1S/C10H18N4O/c1-10(11-2)3-5-14(6-4-10)7-9-12-8-13-15-9/h8,11H,3-7H2,1-2H3. The molecule has 1 fully saturated rings. The lowest BCUT2D eigenvalue weighted by molar-refractivity contribution is 0.133. The summed E-state index contributed by atoms with van der Waals surface area (Å²) < 4.78 is 5.00. The van der Waals surface area contributed by atoms with Gasteiger partial charge in [-0.3, -0.25) is 4.90 Å². The second-order valence-electron chi connectivity index (χ2n) is 4.42. The van der Waals surface area contributed by atoms with Gasteiger partial charge in [0.05, 0.1) is 6.54 Å². The summed E-state index contributed by atoms with van der Waals surface area (Å²) in [6.07, 6.45) is 3.78. The Bertz CT molecular complexity index is 290. The van der Waals surface area contributed by atoms with Gasteiger partial charge in [0.2, 0.25) is 5.89 Å². The van der Waals surface area contributed by atoms with Gasteiger partial charge in [0.1, 0.15) is 0 Å². The van der Waals surface area contributed by atoms with Gasteiger partial charge in [-0.15, -0.1) is 0 Å². The van der Waals surface area contributed by atoms with Crippen molar-refractivity contribution >= 4 is 0 Å². The summed E-state index contributed by atoms with van der Waals surface area (Å²) >= 11 is 0. The summed E-state index contributed by atoms with van der Waals surface area (Å²) in [6.45, 7) is 5.22. The van der Waals surface area contributed by atoms with Gasteiger partial charge in [-0.2, -0.15) is 4.98 Å². The van der Waals surface area contributed by atoms with Crippen molar-refractivity contribution in [3.8, 4) is 0 Å². The van der Waals surface area contributed by atoms with E-state index in [-0.39, 0.29) is 0 Å². The van der Waals surface area contributed by atoms with Gasteiger partial charge in [0, 0.05) is 18.6 Å². The summed E-state index contributed by atoms with van der Waals surface area (Å²) in [5, 5.41) is 6.99. The molecule has 84 valence electrons. The molecule has 1 aliphatic rings. The molecule has 0 aromatic carbocycles. The van der Waals surface area contributed by atoms with Gasteiger partial charge < -0.3 is 9.84 Å². The van der Waals surface area contributed by atoms with Gasteiger partial charge >= 0.3 is 0 Å². The van der Waals surface area contributed by atoms with Crippen molar-refractivity contribution in [2.75, 3.05) is 20.1 Å². The molecule has 0 atom stereocenters. The summed E-state index contributed by atoms with van der Waals surface area (Å²) in [5.41, 5.74) is 0.297. The van der Waals surface area contributed by atoms with E-state index in [1.165, 1.54) is 6.33 Å².